The summed E-state index contributed by atoms with van der Waals surface area (Å²) in [5, 5.41) is 13.3. The largest absolute Gasteiger partial charge is 0.352 e. The van der Waals surface area contributed by atoms with Gasteiger partial charge in [-0.2, -0.15) is 0 Å². The molecule has 126 valence electrons. The molecule has 0 saturated carbocycles. The number of amides is 1. The van der Waals surface area contributed by atoms with Gasteiger partial charge in [0, 0.05) is 24.4 Å². The monoisotopic (exact) mass is 329 g/mol. The molecule has 1 aromatic carbocycles. The van der Waals surface area contributed by atoms with E-state index in [1.807, 2.05) is 0 Å². The predicted octanol–water partition coefficient (Wildman–Crippen LogP) is 2.34. The summed E-state index contributed by atoms with van der Waals surface area (Å²) in [6.45, 7) is 2.22. The number of rotatable bonds is 7. The van der Waals surface area contributed by atoms with E-state index in [-0.39, 0.29) is 17.2 Å². The third-order valence-corrected chi connectivity index (χ3v) is 3.62. The Labute approximate surface area is 138 Å². The van der Waals surface area contributed by atoms with Crippen LogP contribution in [-0.2, 0) is 6.42 Å². The molecule has 0 unspecified atom stereocenters. The Kier molecular flexibility index (Phi) is 5.83. The number of pyridine rings is 1. The summed E-state index contributed by atoms with van der Waals surface area (Å²) in [6.07, 6.45) is 2.37. The highest BCUT2D eigenvalue weighted by Crippen LogP contribution is 2.13. The molecule has 1 aromatic heterocycles. The molecular formula is C17H19N3O4. The number of carbonyl (C=O) groups excluding carboxylic acids is 1. The number of H-pyrrole nitrogens is 1. The average molecular weight is 329 g/mol. The lowest BCUT2D eigenvalue weighted by molar-refractivity contribution is -0.384. The number of nitrogens with zero attached hydrogens (tertiary/aromatic N) is 1. The van der Waals surface area contributed by atoms with Gasteiger partial charge in [0.2, 0.25) is 0 Å². The van der Waals surface area contributed by atoms with Crippen LogP contribution in [0, 0.1) is 17.0 Å². The Morgan fingerprint density at radius 2 is 1.88 bits per heavy atom. The number of aromatic nitrogens is 1. The van der Waals surface area contributed by atoms with E-state index < -0.39 is 10.5 Å². The van der Waals surface area contributed by atoms with E-state index in [0.717, 1.165) is 24.8 Å². The Balaban J connectivity index is 1.73. The van der Waals surface area contributed by atoms with E-state index in [4.69, 9.17) is 0 Å². The first-order chi connectivity index (χ1) is 11.5. The number of benzene rings is 1. The molecule has 1 heterocycles. The van der Waals surface area contributed by atoms with Crippen molar-refractivity contribution in [2.24, 2.45) is 0 Å². The minimum Gasteiger partial charge on any atom is -0.352 e. The first-order valence-electron chi connectivity index (χ1n) is 7.69. The molecule has 7 nitrogen and oxygen atoms in total. The molecule has 24 heavy (non-hydrogen) atoms. The second-order valence-electron chi connectivity index (χ2n) is 5.52. The summed E-state index contributed by atoms with van der Waals surface area (Å²) in [6, 6.07) is 9.65. The van der Waals surface area contributed by atoms with Gasteiger partial charge in [0.15, 0.2) is 0 Å². The van der Waals surface area contributed by atoms with Gasteiger partial charge in [0.25, 0.3) is 17.2 Å². The van der Waals surface area contributed by atoms with Gasteiger partial charge in [-0.3, -0.25) is 19.7 Å². The lowest BCUT2D eigenvalue weighted by Crippen LogP contribution is -2.30. The fourth-order valence-electron chi connectivity index (χ4n) is 2.29. The summed E-state index contributed by atoms with van der Waals surface area (Å²) in [4.78, 5) is 36.3. The van der Waals surface area contributed by atoms with Crippen molar-refractivity contribution in [3.63, 3.8) is 0 Å². The molecule has 2 aromatic rings. The van der Waals surface area contributed by atoms with Crippen molar-refractivity contribution in [1.29, 1.82) is 0 Å². The van der Waals surface area contributed by atoms with E-state index >= 15 is 0 Å². The molecule has 0 saturated heterocycles. The first kappa shape index (κ1) is 17.4. The third kappa shape index (κ3) is 4.77. The van der Waals surface area contributed by atoms with Gasteiger partial charge in [-0.05, 0) is 43.9 Å². The number of carbonyl (C=O) groups is 1. The van der Waals surface area contributed by atoms with Gasteiger partial charge < -0.3 is 10.3 Å². The van der Waals surface area contributed by atoms with Crippen LogP contribution in [0.4, 0.5) is 5.69 Å². The van der Waals surface area contributed by atoms with E-state index in [9.17, 15) is 19.7 Å². The summed E-state index contributed by atoms with van der Waals surface area (Å²) < 4.78 is 0. The minimum absolute atomic E-state index is 0.0781. The molecular weight excluding hydrogens is 310 g/mol. The van der Waals surface area contributed by atoms with Crippen LogP contribution in [-0.4, -0.2) is 22.4 Å². The molecule has 0 spiro atoms. The molecule has 2 N–H and O–H groups in total. The van der Waals surface area contributed by atoms with Gasteiger partial charge in [-0.1, -0.05) is 12.1 Å². The topological polar surface area (TPSA) is 105 Å². The highest BCUT2D eigenvalue weighted by Gasteiger charge is 2.09. The number of nitro benzene ring substituents is 1. The van der Waals surface area contributed by atoms with Gasteiger partial charge in [0.05, 0.1) is 4.92 Å². The van der Waals surface area contributed by atoms with E-state index in [0.29, 0.717) is 12.2 Å². The number of nitro groups is 1. The lowest BCUT2D eigenvalue weighted by Gasteiger charge is -2.05. The van der Waals surface area contributed by atoms with E-state index in [2.05, 4.69) is 10.3 Å². The van der Waals surface area contributed by atoms with Crippen molar-refractivity contribution in [3.05, 3.63) is 73.7 Å². The quantitative estimate of drug-likeness (QED) is 0.462. The number of aromatic amines is 1. The zero-order valence-electron chi connectivity index (χ0n) is 13.4. The first-order valence-corrected chi connectivity index (χ1v) is 7.69. The van der Waals surface area contributed by atoms with Crippen LogP contribution in [0.1, 0.15) is 34.5 Å². The van der Waals surface area contributed by atoms with Crippen molar-refractivity contribution in [2.75, 3.05) is 6.54 Å². The maximum absolute atomic E-state index is 11.9. The van der Waals surface area contributed by atoms with Crippen LogP contribution >= 0.6 is 0 Å². The molecule has 0 atom stereocenters. The SMILES string of the molecule is Cc1ccc(C(=O)NCCCCc2ccc([N+](=O)[O-])cc2)c(=O)[nH]1. The summed E-state index contributed by atoms with van der Waals surface area (Å²) in [5.41, 5.74) is 1.52. The van der Waals surface area contributed by atoms with Gasteiger partial charge in [0.1, 0.15) is 5.56 Å². The van der Waals surface area contributed by atoms with Crippen LogP contribution in [0.3, 0.4) is 0 Å². The zero-order valence-corrected chi connectivity index (χ0v) is 13.4. The molecule has 0 aliphatic rings. The summed E-state index contributed by atoms with van der Waals surface area (Å²) >= 11 is 0. The van der Waals surface area contributed by atoms with Crippen molar-refractivity contribution < 1.29 is 9.72 Å². The second kappa shape index (κ2) is 8.05. The maximum Gasteiger partial charge on any atom is 0.269 e. The van der Waals surface area contributed by atoms with E-state index in [1.54, 1.807) is 25.1 Å². The van der Waals surface area contributed by atoms with Crippen molar-refractivity contribution in [2.45, 2.75) is 26.2 Å². The van der Waals surface area contributed by atoms with Crippen LogP contribution in [0.15, 0.2) is 41.2 Å². The summed E-state index contributed by atoms with van der Waals surface area (Å²) in [7, 11) is 0. The zero-order chi connectivity index (χ0) is 17.5. The van der Waals surface area contributed by atoms with Crippen molar-refractivity contribution in [3.8, 4) is 0 Å². The number of unbranched alkanes of at least 4 members (excludes halogenated alkanes) is 1. The molecule has 0 aliphatic heterocycles. The lowest BCUT2D eigenvalue weighted by atomic mass is 10.1. The number of non-ortho nitro benzene ring substituents is 1. The Morgan fingerprint density at radius 3 is 2.50 bits per heavy atom. The number of hydrogen-bond donors (Lipinski definition) is 2. The Morgan fingerprint density at radius 1 is 1.17 bits per heavy atom. The highest BCUT2D eigenvalue weighted by atomic mass is 16.6. The normalized spacial score (nSPS) is 10.4. The fourth-order valence-corrected chi connectivity index (χ4v) is 2.29. The predicted molar refractivity (Wildman–Crippen MR) is 90.2 cm³/mol. The smallest absolute Gasteiger partial charge is 0.269 e. The Bertz CT molecular complexity index is 781. The van der Waals surface area contributed by atoms with Gasteiger partial charge >= 0.3 is 0 Å². The fraction of sp³-hybridized carbons (Fsp3) is 0.294. The maximum atomic E-state index is 11.9. The Hall–Kier alpha value is -2.96. The average Bonchev–Trinajstić information content (AvgIpc) is 2.54. The van der Waals surface area contributed by atoms with Crippen molar-refractivity contribution in [1.82, 2.24) is 10.3 Å². The molecule has 0 radical (unpaired) electrons. The molecule has 7 heteroatoms. The molecule has 0 fully saturated rings. The molecule has 2 rings (SSSR count). The third-order valence-electron chi connectivity index (χ3n) is 3.62. The molecule has 0 bridgehead atoms. The van der Waals surface area contributed by atoms with Crippen LogP contribution in [0.2, 0.25) is 0 Å². The van der Waals surface area contributed by atoms with Crippen LogP contribution in [0.25, 0.3) is 0 Å². The molecule has 1 amide bonds. The van der Waals surface area contributed by atoms with Crippen LogP contribution < -0.4 is 10.9 Å². The highest BCUT2D eigenvalue weighted by molar-refractivity contribution is 5.93. The minimum atomic E-state index is -0.425. The number of aryl methyl sites for hydroxylation is 2. The summed E-state index contributed by atoms with van der Waals surface area (Å²) in [5.74, 6) is -0.383. The van der Waals surface area contributed by atoms with Crippen LogP contribution in [0.5, 0.6) is 0 Å². The van der Waals surface area contributed by atoms with E-state index in [1.165, 1.54) is 18.2 Å². The number of hydrogen-bond acceptors (Lipinski definition) is 4. The van der Waals surface area contributed by atoms with Crippen molar-refractivity contribution >= 4 is 11.6 Å². The molecule has 0 aliphatic carbocycles. The second-order valence-corrected chi connectivity index (χ2v) is 5.52. The standard InChI is InChI=1S/C17H19N3O4/c1-12-5-10-15(17(22)19-12)16(21)18-11-3-2-4-13-6-8-14(9-7-13)20(23)24/h5-10H,2-4,11H2,1H3,(H,18,21)(H,19,22). The van der Waals surface area contributed by atoms with Gasteiger partial charge in [-0.25, -0.2) is 0 Å². The number of nitrogens with one attached hydrogen (secondary N) is 2. The van der Waals surface area contributed by atoms with Gasteiger partial charge in [-0.15, -0.1) is 0 Å².